The lowest BCUT2D eigenvalue weighted by Crippen LogP contribution is -2.37. The van der Waals surface area contributed by atoms with Gasteiger partial charge in [0.05, 0.1) is 0 Å². The van der Waals surface area contributed by atoms with Crippen molar-refractivity contribution in [1.82, 2.24) is 9.80 Å². The van der Waals surface area contributed by atoms with Crippen molar-refractivity contribution in [3.8, 4) is 0 Å². The maximum absolute atomic E-state index is 12.2. The summed E-state index contributed by atoms with van der Waals surface area (Å²) in [6, 6.07) is 7.95. The topological polar surface area (TPSA) is 23.6 Å². The predicted molar refractivity (Wildman–Crippen MR) is 86.1 cm³/mol. The second kappa shape index (κ2) is 6.91. The summed E-state index contributed by atoms with van der Waals surface area (Å²) in [5, 5.41) is 0.681. The van der Waals surface area contributed by atoms with Gasteiger partial charge in [-0.2, -0.15) is 0 Å². The Balaban J connectivity index is 1.52. The van der Waals surface area contributed by atoms with Gasteiger partial charge in [-0.25, -0.2) is 0 Å². The summed E-state index contributed by atoms with van der Waals surface area (Å²) in [5.74, 6) is 0.221. The number of ketones is 1. The number of Topliss-reactive ketones (excluding diaryl/α,β-unsaturated/α-hetero) is 1. The van der Waals surface area contributed by atoms with Crippen LogP contribution in [0, 0.1) is 0 Å². The SMILES string of the molecule is O=C(CCN1CCCN2CCCC2C1)c1ccc(Cl)cc1. The van der Waals surface area contributed by atoms with Crippen LogP contribution in [0.4, 0.5) is 0 Å². The Bertz CT molecular complexity index is 488. The zero-order valence-corrected chi connectivity index (χ0v) is 13.2. The molecule has 2 fully saturated rings. The highest BCUT2D eigenvalue weighted by atomic mass is 35.5. The summed E-state index contributed by atoms with van der Waals surface area (Å²) in [6.07, 6.45) is 4.49. The number of carbonyl (C=O) groups excluding carboxylic acids is 1. The van der Waals surface area contributed by atoms with Gasteiger partial charge in [0.25, 0.3) is 0 Å². The van der Waals surface area contributed by atoms with Gasteiger partial charge in [0.2, 0.25) is 0 Å². The molecule has 0 N–H and O–H groups in total. The number of rotatable bonds is 4. The fourth-order valence-electron chi connectivity index (χ4n) is 3.53. The van der Waals surface area contributed by atoms with Crippen LogP contribution in [0.5, 0.6) is 0 Å². The molecule has 3 nitrogen and oxygen atoms in total. The number of carbonyl (C=O) groups is 1. The fourth-order valence-corrected chi connectivity index (χ4v) is 3.65. The van der Waals surface area contributed by atoms with Gasteiger partial charge in [-0.1, -0.05) is 11.6 Å². The van der Waals surface area contributed by atoms with Crippen LogP contribution in [0.1, 0.15) is 36.0 Å². The van der Waals surface area contributed by atoms with Crippen LogP contribution in [0.25, 0.3) is 0 Å². The van der Waals surface area contributed by atoms with E-state index < -0.39 is 0 Å². The van der Waals surface area contributed by atoms with E-state index in [1.165, 1.54) is 32.4 Å². The standard InChI is InChI=1S/C17H23ClN2O/c18-15-6-4-14(5-7-15)17(21)8-12-19-9-2-11-20-10-1-3-16(20)13-19/h4-7,16H,1-3,8-13H2. The summed E-state index contributed by atoms with van der Waals surface area (Å²) in [6.45, 7) is 5.63. The van der Waals surface area contributed by atoms with E-state index >= 15 is 0 Å². The van der Waals surface area contributed by atoms with Crippen molar-refractivity contribution in [3.63, 3.8) is 0 Å². The van der Waals surface area contributed by atoms with E-state index in [1.807, 2.05) is 12.1 Å². The molecule has 0 saturated carbocycles. The van der Waals surface area contributed by atoms with Crippen LogP contribution in [-0.4, -0.2) is 54.3 Å². The summed E-state index contributed by atoms with van der Waals surface area (Å²) in [4.78, 5) is 17.3. The second-order valence-corrected chi connectivity index (χ2v) is 6.60. The summed E-state index contributed by atoms with van der Waals surface area (Å²) in [5.41, 5.74) is 0.775. The number of hydrogen-bond acceptors (Lipinski definition) is 3. The highest BCUT2D eigenvalue weighted by Crippen LogP contribution is 2.21. The molecule has 0 aromatic heterocycles. The third-order valence-electron chi connectivity index (χ3n) is 4.71. The number of hydrogen-bond donors (Lipinski definition) is 0. The number of nitrogens with zero attached hydrogens (tertiary/aromatic N) is 2. The Labute approximate surface area is 131 Å². The minimum absolute atomic E-state index is 0.221. The first-order valence-corrected chi connectivity index (χ1v) is 8.35. The molecule has 2 saturated heterocycles. The Kier molecular flexibility index (Phi) is 4.94. The van der Waals surface area contributed by atoms with E-state index in [1.54, 1.807) is 12.1 Å². The van der Waals surface area contributed by atoms with Gasteiger partial charge in [0.1, 0.15) is 0 Å². The average Bonchev–Trinajstić information content (AvgIpc) is 2.83. The molecule has 0 spiro atoms. The lowest BCUT2D eigenvalue weighted by Gasteiger charge is -2.25. The third-order valence-corrected chi connectivity index (χ3v) is 4.96. The average molecular weight is 307 g/mol. The molecule has 2 aliphatic heterocycles. The van der Waals surface area contributed by atoms with Crippen molar-refractivity contribution in [2.75, 3.05) is 32.7 Å². The Morgan fingerprint density at radius 1 is 1.14 bits per heavy atom. The molecular formula is C17H23ClN2O. The summed E-state index contributed by atoms with van der Waals surface area (Å²) < 4.78 is 0. The first kappa shape index (κ1) is 15.0. The minimum atomic E-state index is 0.221. The van der Waals surface area contributed by atoms with Crippen molar-refractivity contribution >= 4 is 17.4 Å². The molecule has 114 valence electrons. The maximum atomic E-state index is 12.2. The van der Waals surface area contributed by atoms with Gasteiger partial charge >= 0.3 is 0 Å². The van der Waals surface area contributed by atoms with Crippen LogP contribution < -0.4 is 0 Å². The molecule has 1 aromatic carbocycles. The molecule has 0 aliphatic carbocycles. The van der Waals surface area contributed by atoms with Crippen LogP contribution in [0.3, 0.4) is 0 Å². The first-order chi connectivity index (χ1) is 10.2. The molecule has 21 heavy (non-hydrogen) atoms. The molecule has 4 heteroatoms. The summed E-state index contributed by atoms with van der Waals surface area (Å²) in [7, 11) is 0. The molecule has 2 aliphatic rings. The largest absolute Gasteiger partial charge is 0.301 e. The second-order valence-electron chi connectivity index (χ2n) is 6.17. The van der Waals surface area contributed by atoms with Crippen LogP contribution in [-0.2, 0) is 0 Å². The molecule has 1 aromatic rings. The Morgan fingerprint density at radius 2 is 1.90 bits per heavy atom. The maximum Gasteiger partial charge on any atom is 0.164 e. The predicted octanol–water partition coefficient (Wildman–Crippen LogP) is 3.08. The fraction of sp³-hybridized carbons (Fsp3) is 0.588. The monoisotopic (exact) mass is 306 g/mol. The molecule has 0 amide bonds. The highest BCUT2D eigenvalue weighted by Gasteiger charge is 2.28. The quantitative estimate of drug-likeness (QED) is 0.799. The van der Waals surface area contributed by atoms with Gasteiger partial charge in [0.15, 0.2) is 5.78 Å². The molecule has 0 bridgehead atoms. The normalized spacial score (nSPS) is 23.8. The summed E-state index contributed by atoms with van der Waals surface area (Å²) >= 11 is 5.86. The Hall–Kier alpha value is -0.900. The van der Waals surface area contributed by atoms with E-state index in [9.17, 15) is 4.79 Å². The van der Waals surface area contributed by atoms with Crippen LogP contribution in [0.2, 0.25) is 5.02 Å². The van der Waals surface area contributed by atoms with Crippen molar-refractivity contribution in [1.29, 1.82) is 0 Å². The van der Waals surface area contributed by atoms with E-state index in [4.69, 9.17) is 11.6 Å². The molecule has 2 heterocycles. The van der Waals surface area contributed by atoms with Crippen molar-refractivity contribution in [2.24, 2.45) is 0 Å². The zero-order valence-electron chi connectivity index (χ0n) is 12.4. The van der Waals surface area contributed by atoms with Gasteiger partial charge in [-0.15, -0.1) is 0 Å². The first-order valence-electron chi connectivity index (χ1n) is 7.97. The molecule has 0 radical (unpaired) electrons. The lowest BCUT2D eigenvalue weighted by molar-refractivity contribution is 0.0962. The zero-order chi connectivity index (χ0) is 14.7. The van der Waals surface area contributed by atoms with Crippen molar-refractivity contribution in [3.05, 3.63) is 34.9 Å². The minimum Gasteiger partial charge on any atom is -0.301 e. The van der Waals surface area contributed by atoms with Gasteiger partial charge in [0, 0.05) is 36.1 Å². The van der Waals surface area contributed by atoms with Crippen molar-refractivity contribution < 1.29 is 4.79 Å². The van der Waals surface area contributed by atoms with Crippen molar-refractivity contribution in [2.45, 2.75) is 31.7 Å². The number of benzene rings is 1. The lowest BCUT2D eigenvalue weighted by atomic mass is 10.1. The van der Waals surface area contributed by atoms with Crippen LogP contribution in [0.15, 0.2) is 24.3 Å². The molecular weight excluding hydrogens is 284 g/mol. The van der Waals surface area contributed by atoms with E-state index in [0.29, 0.717) is 11.4 Å². The smallest absolute Gasteiger partial charge is 0.164 e. The van der Waals surface area contributed by atoms with Gasteiger partial charge in [-0.05, 0) is 63.2 Å². The number of halogens is 1. The highest BCUT2D eigenvalue weighted by molar-refractivity contribution is 6.30. The van der Waals surface area contributed by atoms with Gasteiger partial charge < -0.3 is 4.90 Å². The number of fused-ring (bicyclic) bond motifs is 1. The van der Waals surface area contributed by atoms with E-state index in [0.717, 1.165) is 31.2 Å². The molecule has 1 unspecified atom stereocenters. The Morgan fingerprint density at radius 3 is 2.71 bits per heavy atom. The molecule has 3 rings (SSSR count). The molecule has 1 atom stereocenters. The van der Waals surface area contributed by atoms with E-state index in [2.05, 4.69) is 9.80 Å². The van der Waals surface area contributed by atoms with Crippen LogP contribution >= 0.6 is 11.6 Å². The third kappa shape index (κ3) is 3.85. The van der Waals surface area contributed by atoms with E-state index in [-0.39, 0.29) is 5.78 Å². The van der Waals surface area contributed by atoms with Gasteiger partial charge in [-0.3, -0.25) is 9.69 Å².